The number of anilines is 1. The molecule has 29 heavy (non-hydrogen) atoms. The summed E-state index contributed by atoms with van der Waals surface area (Å²) in [6, 6.07) is 4.74. The highest BCUT2D eigenvalue weighted by atomic mass is 32.2. The van der Waals surface area contributed by atoms with Crippen molar-refractivity contribution in [1.29, 1.82) is 0 Å². The van der Waals surface area contributed by atoms with Crippen LogP contribution in [0.4, 0.5) is 5.69 Å². The molecule has 1 amide bonds. The summed E-state index contributed by atoms with van der Waals surface area (Å²) in [4.78, 5) is 14.7. The number of carbonyl (C=O) groups excluding carboxylic acids is 1. The molecule has 2 heterocycles. The highest BCUT2D eigenvalue weighted by molar-refractivity contribution is 7.89. The molecule has 2 aliphatic rings. The Balaban J connectivity index is 1.73. The van der Waals surface area contributed by atoms with Gasteiger partial charge in [-0.25, -0.2) is 8.42 Å². The Labute approximate surface area is 173 Å². The molecule has 1 N–H and O–H groups in total. The summed E-state index contributed by atoms with van der Waals surface area (Å²) in [5.74, 6) is 0.0992. The van der Waals surface area contributed by atoms with Crippen molar-refractivity contribution in [2.24, 2.45) is 0 Å². The van der Waals surface area contributed by atoms with Crippen molar-refractivity contribution in [3.05, 3.63) is 18.2 Å². The van der Waals surface area contributed by atoms with Crippen molar-refractivity contribution < 1.29 is 22.7 Å². The summed E-state index contributed by atoms with van der Waals surface area (Å²) >= 11 is 0. The molecule has 0 saturated carbocycles. The number of sulfonamides is 1. The zero-order valence-corrected chi connectivity index (χ0v) is 18.2. The molecule has 2 atom stereocenters. The summed E-state index contributed by atoms with van der Waals surface area (Å²) in [6.07, 6.45) is 2.91. The number of piperidine rings is 1. The molecule has 0 radical (unpaired) electrons. The topological polar surface area (TPSA) is 88.2 Å². The van der Waals surface area contributed by atoms with Crippen LogP contribution in [0.25, 0.3) is 0 Å². The van der Waals surface area contributed by atoms with Gasteiger partial charge in [-0.1, -0.05) is 6.42 Å². The van der Waals surface area contributed by atoms with E-state index in [2.05, 4.69) is 5.32 Å². The van der Waals surface area contributed by atoms with Crippen molar-refractivity contribution in [3.63, 3.8) is 0 Å². The van der Waals surface area contributed by atoms with E-state index in [1.54, 1.807) is 12.1 Å². The van der Waals surface area contributed by atoms with E-state index < -0.39 is 10.0 Å². The fourth-order valence-electron chi connectivity index (χ4n) is 4.02. The van der Waals surface area contributed by atoms with Gasteiger partial charge in [0.1, 0.15) is 10.6 Å². The first-order chi connectivity index (χ1) is 13.8. The second kappa shape index (κ2) is 9.42. The number of benzene rings is 1. The van der Waals surface area contributed by atoms with Crippen LogP contribution in [-0.2, 0) is 19.6 Å². The minimum Gasteiger partial charge on any atom is -0.495 e. The number of ether oxygens (including phenoxy) is 2. The molecule has 0 aromatic heterocycles. The van der Waals surface area contributed by atoms with Crippen molar-refractivity contribution in [1.82, 2.24) is 9.21 Å². The highest BCUT2D eigenvalue weighted by Gasteiger charge is 2.29. The molecule has 9 heteroatoms. The van der Waals surface area contributed by atoms with Crippen LogP contribution in [0, 0.1) is 0 Å². The first-order valence-electron chi connectivity index (χ1n) is 10.2. The third kappa shape index (κ3) is 5.48. The Kier molecular flexibility index (Phi) is 7.15. The highest BCUT2D eigenvalue weighted by Crippen LogP contribution is 2.31. The monoisotopic (exact) mass is 425 g/mol. The Hall–Kier alpha value is -1.68. The van der Waals surface area contributed by atoms with E-state index >= 15 is 0 Å². The first-order valence-corrected chi connectivity index (χ1v) is 11.6. The summed E-state index contributed by atoms with van der Waals surface area (Å²) in [6.45, 7) is 6.61. The van der Waals surface area contributed by atoms with Crippen LogP contribution in [0.15, 0.2) is 23.1 Å². The lowest BCUT2D eigenvalue weighted by Gasteiger charge is -2.34. The summed E-state index contributed by atoms with van der Waals surface area (Å²) in [7, 11) is -2.23. The molecule has 3 rings (SSSR count). The lowest BCUT2D eigenvalue weighted by Crippen LogP contribution is -2.48. The van der Waals surface area contributed by atoms with Gasteiger partial charge in [0.25, 0.3) is 0 Å². The Bertz CT molecular complexity index is 813. The molecular formula is C20H31N3O5S. The number of morpholine rings is 1. The normalized spacial score (nSPS) is 24.2. The van der Waals surface area contributed by atoms with Crippen LogP contribution in [0.2, 0.25) is 0 Å². The number of amides is 1. The quantitative estimate of drug-likeness (QED) is 0.749. The number of carbonyl (C=O) groups is 1. The molecule has 2 fully saturated rings. The smallest absolute Gasteiger partial charge is 0.246 e. The fraction of sp³-hybridized carbons (Fsp3) is 0.650. The maximum absolute atomic E-state index is 13.1. The van der Waals surface area contributed by atoms with Gasteiger partial charge in [-0.3, -0.25) is 9.69 Å². The van der Waals surface area contributed by atoms with Crippen LogP contribution in [0.5, 0.6) is 5.75 Å². The van der Waals surface area contributed by atoms with E-state index in [-0.39, 0.29) is 35.3 Å². The standard InChI is InChI=1S/C20H31N3O5S/c1-15-12-22(13-16(2)28-15)14-20(24)21-17-7-8-18(27-3)19(11-17)29(25,26)23-9-5-4-6-10-23/h7-8,11,15-16H,4-6,9-10,12-14H2,1-3H3,(H,21,24)/t15-,16+. The lowest BCUT2D eigenvalue weighted by molar-refractivity contribution is -0.121. The third-order valence-corrected chi connectivity index (χ3v) is 7.16. The van der Waals surface area contributed by atoms with Gasteiger partial charge in [-0.2, -0.15) is 4.31 Å². The number of nitrogens with one attached hydrogen (secondary N) is 1. The average molecular weight is 426 g/mol. The number of hydrogen-bond donors (Lipinski definition) is 1. The minimum absolute atomic E-state index is 0.0776. The predicted molar refractivity (Wildman–Crippen MR) is 111 cm³/mol. The molecule has 8 nitrogen and oxygen atoms in total. The second-order valence-electron chi connectivity index (χ2n) is 7.83. The minimum atomic E-state index is -3.67. The van der Waals surface area contributed by atoms with E-state index in [9.17, 15) is 13.2 Å². The zero-order valence-electron chi connectivity index (χ0n) is 17.4. The van der Waals surface area contributed by atoms with E-state index in [4.69, 9.17) is 9.47 Å². The van der Waals surface area contributed by atoms with Gasteiger partial charge in [0.05, 0.1) is 25.9 Å². The van der Waals surface area contributed by atoms with Gasteiger partial charge in [0.15, 0.2) is 0 Å². The molecule has 0 aliphatic carbocycles. The van der Waals surface area contributed by atoms with Gasteiger partial charge in [-0.05, 0) is 44.9 Å². The van der Waals surface area contributed by atoms with E-state index in [1.165, 1.54) is 17.5 Å². The summed E-state index contributed by atoms with van der Waals surface area (Å²) in [5.41, 5.74) is 0.445. The van der Waals surface area contributed by atoms with Crippen molar-refractivity contribution >= 4 is 21.6 Å². The zero-order chi connectivity index (χ0) is 21.0. The number of hydrogen-bond acceptors (Lipinski definition) is 6. The molecule has 0 unspecified atom stereocenters. The van der Waals surface area contributed by atoms with Gasteiger partial charge in [-0.15, -0.1) is 0 Å². The first kappa shape index (κ1) is 22.0. The summed E-state index contributed by atoms with van der Waals surface area (Å²) < 4.78 is 38.7. The molecular weight excluding hydrogens is 394 g/mol. The number of rotatable bonds is 6. The maximum atomic E-state index is 13.1. The van der Waals surface area contributed by atoms with Crippen LogP contribution >= 0.6 is 0 Å². The SMILES string of the molecule is COc1ccc(NC(=O)CN2C[C@@H](C)O[C@@H](C)C2)cc1S(=O)(=O)N1CCCCC1. The van der Waals surface area contributed by atoms with Crippen LogP contribution in [0.1, 0.15) is 33.1 Å². The van der Waals surface area contributed by atoms with Crippen LogP contribution in [0.3, 0.4) is 0 Å². The molecule has 0 bridgehead atoms. The number of nitrogens with zero attached hydrogens (tertiary/aromatic N) is 2. The van der Waals surface area contributed by atoms with Gasteiger partial charge < -0.3 is 14.8 Å². The van der Waals surface area contributed by atoms with Gasteiger partial charge in [0, 0.05) is 31.9 Å². The molecule has 162 valence electrons. The molecule has 2 aliphatic heterocycles. The Morgan fingerprint density at radius 2 is 1.83 bits per heavy atom. The predicted octanol–water partition coefficient (Wildman–Crippen LogP) is 1.92. The fourth-order valence-corrected chi connectivity index (χ4v) is 5.72. The van der Waals surface area contributed by atoms with Crippen molar-refractivity contribution in [3.8, 4) is 5.75 Å². The van der Waals surface area contributed by atoms with Crippen LogP contribution < -0.4 is 10.1 Å². The van der Waals surface area contributed by atoms with E-state index in [0.29, 0.717) is 31.9 Å². The average Bonchev–Trinajstić information content (AvgIpc) is 2.67. The Morgan fingerprint density at radius 1 is 1.17 bits per heavy atom. The Morgan fingerprint density at radius 3 is 2.45 bits per heavy atom. The van der Waals surface area contributed by atoms with Crippen LogP contribution in [-0.4, -0.2) is 75.6 Å². The number of methoxy groups -OCH3 is 1. The molecule has 1 aromatic rings. The van der Waals surface area contributed by atoms with E-state index in [0.717, 1.165) is 19.3 Å². The van der Waals surface area contributed by atoms with Gasteiger partial charge in [0.2, 0.25) is 15.9 Å². The largest absolute Gasteiger partial charge is 0.495 e. The lowest BCUT2D eigenvalue weighted by atomic mass is 10.2. The van der Waals surface area contributed by atoms with Crippen molar-refractivity contribution in [2.75, 3.05) is 45.2 Å². The van der Waals surface area contributed by atoms with Crippen molar-refractivity contribution in [2.45, 2.75) is 50.2 Å². The van der Waals surface area contributed by atoms with Gasteiger partial charge >= 0.3 is 0 Å². The molecule has 2 saturated heterocycles. The molecule has 0 spiro atoms. The molecule has 1 aromatic carbocycles. The summed E-state index contributed by atoms with van der Waals surface area (Å²) in [5, 5.41) is 2.83. The van der Waals surface area contributed by atoms with E-state index in [1.807, 2.05) is 18.7 Å². The second-order valence-corrected chi connectivity index (χ2v) is 9.74. The third-order valence-electron chi connectivity index (χ3n) is 5.24. The maximum Gasteiger partial charge on any atom is 0.246 e.